The van der Waals surface area contributed by atoms with Crippen molar-refractivity contribution in [1.29, 1.82) is 32.0 Å². The van der Waals surface area contributed by atoms with Gasteiger partial charge in [0.15, 0.2) is 15.5 Å². The second kappa shape index (κ2) is 21.9. The van der Waals surface area contributed by atoms with Crippen molar-refractivity contribution in [2.75, 3.05) is 17.3 Å². The Balaban J connectivity index is 0.000000164. The Hall–Kier alpha value is -6.60. The number of aromatic nitrogens is 9. The lowest BCUT2D eigenvalue weighted by Crippen LogP contribution is -2.32. The predicted molar refractivity (Wildman–Crippen MR) is 284 cm³/mol. The third-order valence-electron chi connectivity index (χ3n) is 12.3. The number of pyridine rings is 3. The molecule has 3 N–H and O–H groups in total. The summed E-state index contributed by atoms with van der Waals surface area (Å²) >= 11 is 4.68. The Kier molecular flexibility index (Phi) is 16.4. The van der Waals surface area contributed by atoms with Gasteiger partial charge >= 0.3 is 0 Å². The molecule has 0 radical (unpaired) electrons. The summed E-state index contributed by atoms with van der Waals surface area (Å²) in [5.41, 5.74) is 3.00. The normalized spacial score (nSPS) is 17.0. The Labute approximate surface area is 447 Å². The highest BCUT2D eigenvalue weighted by atomic mass is 32.2. The molecule has 21 heteroatoms. The average Bonchev–Trinajstić information content (AvgIpc) is 3.33. The molecule has 0 aliphatic carbocycles. The Morgan fingerprint density at radius 2 is 0.720 bits per heavy atom. The van der Waals surface area contributed by atoms with Crippen LogP contribution in [0.15, 0.2) is 52.3 Å². The van der Waals surface area contributed by atoms with Gasteiger partial charge in [-0.1, -0.05) is 118 Å². The largest absolute Gasteiger partial charge is 0.304 e. The van der Waals surface area contributed by atoms with Crippen LogP contribution in [-0.4, -0.2) is 60.9 Å². The first-order valence-electron chi connectivity index (χ1n) is 24.3. The lowest BCUT2D eigenvalue weighted by atomic mass is 9.90. The van der Waals surface area contributed by atoms with Crippen LogP contribution in [0, 0.1) is 85.4 Å². The molecule has 3 aliphatic rings. The van der Waals surface area contributed by atoms with Gasteiger partial charge in [-0.3, -0.25) is 31.2 Å². The van der Waals surface area contributed by atoms with E-state index >= 15 is 0 Å². The third-order valence-corrected chi connectivity index (χ3v) is 16.2. The van der Waals surface area contributed by atoms with Crippen LogP contribution in [0.4, 0.5) is 13.2 Å². The molecule has 6 aromatic rings. The van der Waals surface area contributed by atoms with Gasteiger partial charge in [0, 0.05) is 88.4 Å². The minimum Gasteiger partial charge on any atom is -0.304 e. The van der Waals surface area contributed by atoms with Gasteiger partial charge in [0.1, 0.15) is 68.8 Å². The molecule has 3 atom stereocenters. The second-order valence-corrected chi connectivity index (χ2v) is 25.2. The summed E-state index contributed by atoms with van der Waals surface area (Å²) in [6.07, 6.45) is 4.62. The van der Waals surface area contributed by atoms with Gasteiger partial charge < -0.3 is 13.7 Å². The number of rotatable bonds is 3. The molecule has 0 bridgehead atoms. The first-order chi connectivity index (χ1) is 35.2. The first kappa shape index (κ1) is 56.1. The molecule has 1 unspecified atom stereocenters. The van der Waals surface area contributed by atoms with E-state index in [9.17, 15) is 29.0 Å². The van der Waals surface area contributed by atoms with Gasteiger partial charge in [-0.25, -0.2) is 28.1 Å². The summed E-state index contributed by atoms with van der Waals surface area (Å²) in [5.74, 6) is 2.70. The Morgan fingerprint density at radius 1 is 0.480 bits per heavy atom. The van der Waals surface area contributed by atoms with Gasteiger partial charge in [-0.05, 0) is 36.0 Å². The van der Waals surface area contributed by atoms with E-state index in [4.69, 9.17) is 16.2 Å². The van der Waals surface area contributed by atoms with Crippen molar-refractivity contribution in [1.82, 2.24) is 43.6 Å². The lowest BCUT2D eigenvalue weighted by Gasteiger charge is -2.24. The fourth-order valence-corrected chi connectivity index (χ4v) is 11.6. The molecular weight excluding hydrogens is 1010 g/mol. The van der Waals surface area contributed by atoms with Crippen molar-refractivity contribution in [3.63, 3.8) is 0 Å². The van der Waals surface area contributed by atoms with Crippen LogP contribution < -0.4 is 16.5 Å². The van der Waals surface area contributed by atoms with E-state index in [1.807, 2.05) is 62.3 Å². The third kappa shape index (κ3) is 11.9. The molecule has 0 saturated heterocycles. The van der Waals surface area contributed by atoms with Gasteiger partial charge in [0.2, 0.25) is 0 Å². The number of nitriles is 3. The summed E-state index contributed by atoms with van der Waals surface area (Å²) in [7, 11) is 0. The van der Waals surface area contributed by atoms with Crippen molar-refractivity contribution < 1.29 is 13.2 Å². The molecule has 0 amide bonds. The fraction of sp³-hybridized carbons (Fsp3) is 0.444. The van der Waals surface area contributed by atoms with Crippen LogP contribution in [0.3, 0.4) is 0 Å². The molecular formula is C54H60F3N15S3. The van der Waals surface area contributed by atoms with Crippen LogP contribution in [0.25, 0.3) is 33.8 Å². The van der Waals surface area contributed by atoms with Crippen molar-refractivity contribution in [3.05, 3.63) is 104 Å². The number of hydrogen-bond acceptors (Lipinski definition) is 15. The van der Waals surface area contributed by atoms with Gasteiger partial charge in [0.25, 0.3) is 0 Å². The van der Waals surface area contributed by atoms with Crippen molar-refractivity contribution in [2.45, 2.75) is 134 Å². The second-order valence-electron chi connectivity index (χ2n) is 22.2. The zero-order chi connectivity index (χ0) is 55.1. The zero-order valence-electron chi connectivity index (χ0n) is 44.2. The van der Waals surface area contributed by atoms with Crippen molar-refractivity contribution >= 4 is 35.3 Å². The molecule has 6 aromatic heterocycles. The minimum absolute atomic E-state index is 0.127. The standard InChI is InChI=1S/3C18H20FN5S/c3*1-10-8-24-16(21)12(6-20)14(23-17(24)25-9-10)11-5-13(19)15(22-7-11)18(2,3)4/h3*5,7,10,21H,8-9H2,1-4H3/t2*10-;/m10./s1. The SMILES string of the molecule is CC1CSc2nc(-c3cnc(C(C)(C)C)c(F)c3)c(C#N)c(=N)n2C1.C[C@@H]1CSc2nc(-c3cnc(C(C)(C)C)c(F)c3)c(C#N)c(=N)n2C1.C[C@H]1CSc2nc(-c3cnc(C(C)(C)C)c(F)c3)c(C#N)c(=N)n2C1. The van der Waals surface area contributed by atoms with Gasteiger partial charge in [-0.2, -0.15) is 15.8 Å². The number of nitrogens with zero attached hydrogens (tertiary/aromatic N) is 12. The highest BCUT2D eigenvalue weighted by Crippen LogP contribution is 2.34. The topological polar surface area (TPSA) is 235 Å². The maximum absolute atomic E-state index is 14.5. The zero-order valence-corrected chi connectivity index (χ0v) is 46.6. The molecule has 15 nitrogen and oxygen atoms in total. The van der Waals surface area contributed by atoms with Crippen LogP contribution in [-0.2, 0) is 35.9 Å². The summed E-state index contributed by atoms with van der Waals surface area (Å²) in [4.78, 5) is 26.4. The van der Waals surface area contributed by atoms with Crippen LogP contribution in [0.5, 0.6) is 0 Å². The highest BCUT2D eigenvalue weighted by molar-refractivity contribution is 7.99. The molecule has 0 spiro atoms. The molecule has 75 heavy (non-hydrogen) atoms. The maximum Gasteiger partial charge on any atom is 0.170 e. The van der Waals surface area contributed by atoms with E-state index in [0.717, 1.165) is 17.3 Å². The fourth-order valence-electron chi connectivity index (χ4n) is 8.55. The van der Waals surface area contributed by atoms with E-state index in [2.05, 4.69) is 68.9 Å². The monoisotopic (exact) mass is 1070 g/mol. The molecule has 3 aliphatic heterocycles. The number of halogens is 3. The minimum atomic E-state index is -0.422. The van der Waals surface area contributed by atoms with E-state index in [0.29, 0.717) is 104 Å². The Morgan fingerprint density at radius 3 is 0.920 bits per heavy atom. The number of hydrogen-bond donors (Lipinski definition) is 3. The molecule has 0 aromatic carbocycles. The molecule has 9 rings (SSSR count). The van der Waals surface area contributed by atoms with E-state index in [1.165, 1.54) is 18.2 Å². The molecule has 390 valence electrons. The first-order valence-corrected chi connectivity index (χ1v) is 27.3. The molecule has 0 saturated carbocycles. The quantitative estimate of drug-likeness (QED) is 0.140. The highest BCUT2D eigenvalue weighted by Gasteiger charge is 2.29. The van der Waals surface area contributed by atoms with Crippen LogP contribution >= 0.6 is 35.3 Å². The Bertz CT molecular complexity index is 3180. The summed E-state index contributed by atoms with van der Waals surface area (Å²) in [6.45, 7) is 25.4. The summed E-state index contributed by atoms with van der Waals surface area (Å²) in [5, 5.41) is 55.8. The number of fused-ring (bicyclic) bond motifs is 3. The summed E-state index contributed by atoms with van der Waals surface area (Å²) in [6, 6.07) is 10.3. The molecule has 0 fully saturated rings. The van der Waals surface area contributed by atoms with Crippen LogP contribution in [0.1, 0.15) is 117 Å². The van der Waals surface area contributed by atoms with Crippen LogP contribution in [0.2, 0.25) is 0 Å². The van der Waals surface area contributed by atoms with Gasteiger partial charge in [-0.15, -0.1) is 0 Å². The van der Waals surface area contributed by atoms with E-state index in [1.54, 1.807) is 67.6 Å². The van der Waals surface area contributed by atoms with Gasteiger partial charge in [0.05, 0.1) is 34.2 Å². The van der Waals surface area contributed by atoms with E-state index < -0.39 is 33.7 Å². The summed E-state index contributed by atoms with van der Waals surface area (Å²) < 4.78 is 48.9. The van der Waals surface area contributed by atoms with Crippen molar-refractivity contribution in [2.24, 2.45) is 17.8 Å². The number of nitrogens with one attached hydrogen (secondary N) is 3. The van der Waals surface area contributed by atoms with Crippen molar-refractivity contribution in [3.8, 4) is 52.0 Å². The average molecular weight is 1070 g/mol. The smallest absolute Gasteiger partial charge is 0.170 e. The predicted octanol–water partition coefficient (Wildman–Crippen LogP) is 10.4. The maximum atomic E-state index is 14.5. The molecule has 9 heterocycles. The lowest BCUT2D eigenvalue weighted by molar-refractivity contribution is 0.452. The van der Waals surface area contributed by atoms with E-state index in [-0.39, 0.29) is 33.2 Å². The number of thioether (sulfide) groups is 3.